The van der Waals surface area contributed by atoms with Crippen molar-refractivity contribution in [2.24, 2.45) is 0 Å². The van der Waals surface area contributed by atoms with Gasteiger partial charge in [0, 0.05) is 56.0 Å². The number of nitrogens with zero attached hydrogens (tertiary/aromatic N) is 5. The van der Waals surface area contributed by atoms with E-state index in [-0.39, 0.29) is 17.7 Å². The number of hydrogen-bond acceptors (Lipinski definition) is 7. The minimum Gasteiger partial charge on any atom is -0.387 e. The maximum absolute atomic E-state index is 13.9. The standard InChI is InChI=1S/C28H38ClN5O3/c1-19-17-24(35)26-25(19)27(31-18-30-26)33-11-13-34(14-12-33)28(36)23(20-3-5-21(29)6-4-20)7-10-32(2)22-8-15-37-16-9-22/h3-6,18-19,22-24,35H,7-17H2,1-2H3/t19-,23-,24-/m1/s1. The fourth-order valence-corrected chi connectivity index (χ4v) is 6.21. The Bertz CT molecular complexity index is 1070. The van der Waals surface area contributed by atoms with E-state index in [1.165, 1.54) is 0 Å². The predicted octanol–water partition coefficient (Wildman–Crippen LogP) is 3.60. The van der Waals surface area contributed by atoms with Crippen LogP contribution in [0.1, 0.15) is 67.4 Å². The van der Waals surface area contributed by atoms with Crippen molar-refractivity contribution in [1.29, 1.82) is 0 Å². The average molecular weight is 528 g/mol. The summed E-state index contributed by atoms with van der Waals surface area (Å²) in [4.78, 5) is 29.4. The van der Waals surface area contributed by atoms with Gasteiger partial charge in [0.1, 0.15) is 12.1 Å². The molecule has 0 spiro atoms. The smallest absolute Gasteiger partial charge is 0.230 e. The summed E-state index contributed by atoms with van der Waals surface area (Å²) in [5.74, 6) is 1.11. The van der Waals surface area contributed by atoms with Crippen LogP contribution < -0.4 is 4.90 Å². The highest BCUT2D eigenvalue weighted by Crippen LogP contribution is 2.42. The number of rotatable bonds is 7. The lowest BCUT2D eigenvalue weighted by Crippen LogP contribution is -2.50. The minimum atomic E-state index is -0.519. The largest absolute Gasteiger partial charge is 0.387 e. The van der Waals surface area contributed by atoms with E-state index >= 15 is 0 Å². The molecule has 0 saturated carbocycles. The van der Waals surface area contributed by atoms with Gasteiger partial charge in [-0.2, -0.15) is 0 Å². The Labute approximate surface area is 224 Å². The molecule has 0 radical (unpaired) electrons. The molecule has 8 nitrogen and oxygen atoms in total. The van der Waals surface area contributed by atoms with Crippen LogP contribution in [0.3, 0.4) is 0 Å². The second-order valence-corrected chi connectivity index (χ2v) is 11.1. The van der Waals surface area contributed by atoms with Gasteiger partial charge in [-0.3, -0.25) is 4.79 Å². The fourth-order valence-electron chi connectivity index (χ4n) is 6.08. The summed E-state index contributed by atoms with van der Waals surface area (Å²) in [7, 11) is 2.16. The van der Waals surface area contributed by atoms with Crippen molar-refractivity contribution in [3.05, 3.63) is 52.4 Å². The molecule has 1 aromatic heterocycles. The maximum Gasteiger partial charge on any atom is 0.230 e. The maximum atomic E-state index is 13.9. The van der Waals surface area contributed by atoms with Crippen molar-refractivity contribution < 1.29 is 14.6 Å². The molecule has 9 heteroatoms. The molecule has 3 heterocycles. The number of amides is 1. The van der Waals surface area contributed by atoms with Crippen LogP contribution >= 0.6 is 11.6 Å². The van der Waals surface area contributed by atoms with Gasteiger partial charge >= 0.3 is 0 Å². The van der Waals surface area contributed by atoms with Crippen molar-refractivity contribution in [3.8, 4) is 0 Å². The van der Waals surface area contributed by atoms with Gasteiger partial charge in [0.2, 0.25) is 5.91 Å². The number of halogens is 1. The topological polar surface area (TPSA) is 82.0 Å². The number of hydrogen-bond donors (Lipinski definition) is 1. The Morgan fingerprint density at radius 1 is 1.16 bits per heavy atom. The van der Waals surface area contributed by atoms with Crippen molar-refractivity contribution in [1.82, 2.24) is 19.8 Å². The summed E-state index contributed by atoms with van der Waals surface area (Å²) in [5.41, 5.74) is 2.84. The third kappa shape index (κ3) is 5.77. The van der Waals surface area contributed by atoms with Gasteiger partial charge in [0.05, 0.1) is 17.7 Å². The molecule has 3 atom stereocenters. The first-order valence-electron chi connectivity index (χ1n) is 13.5. The van der Waals surface area contributed by atoms with Gasteiger partial charge in [-0.25, -0.2) is 9.97 Å². The molecule has 2 fully saturated rings. The number of fused-ring (bicyclic) bond motifs is 1. The second kappa shape index (κ2) is 11.6. The number of aliphatic hydroxyl groups excluding tert-OH is 1. The number of benzene rings is 1. The van der Waals surface area contributed by atoms with E-state index in [9.17, 15) is 9.90 Å². The van der Waals surface area contributed by atoms with Crippen LogP contribution in [0.4, 0.5) is 5.82 Å². The average Bonchev–Trinajstić information content (AvgIpc) is 3.23. The molecule has 1 amide bonds. The molecule has 1 aliphatic carbocycles. The molecular weight excluding hydrogens is 490 g/mol. The summed E-state index contributed by atoms with van der Waals surface area (Å²) in [6.07, 6.45) is 4.57. The predicted molar refractivity (Wildman–Crippen MR) is 144 cm³/mol. The third-order valence-electron chi connectivity index (χ3n) is 8.32. The van der Waals surface area contributed by atoms with Crippen LogP contribution in [-0.4, -0.2) is 89.8 Å². The Morgan fingerprint density at radius 3 is 2.57 bits per heavy atom. The summed E-state index contributed by atoms with van der Waals surface area (Å²) in [6.45, 7) is 7.33. The Kier molecular flexibility index (Phi) is 8.29. The van der Waals surface area contributed by atoms with Crippen molar-refractivity contribution in [2.45, 2.75) is 56.6 Å². The lowest BCUT2D eigenvalue weighted by Gasteiger charge is -2.38. The zero-order valence-corrected chi connectivity index (χ0v) is 22.6. The summed E-state index contributed by atoms with van der Waals surface area (Å²) in [6, 6.07) is 8.25. The van der Waals surface area contributed by atoms with Crippen molar-refractivity contribution >= 4 is 23.3 Å². The van der Waals surface area contributed by atoms with Crippen molar-refractivity contribution in [2.75, 3.05) is 57.9 Å². The summed E-state index contributed by atoms with van der Waals surface area (Å²) >= 11 is 6.16. The van der Waals surface area contributed by atoms with E-state index in [1.54, 1.807) is 6.33 Å². The summed E-state index contributed by atoms with van der Waals surface area (Å²) in [5, 5.41) is 11.0. The van der Waals surface area contributed by atoms with Gasteiger partial charge in [0.15, 0.2) is 0 Å². The minimum absolute atomic E-state index is 0.180. The van der Waals surface area contributed by atoms with Gasteiger partial charge in [-0.05, 0) is 62.9 Å². The monoisotopic (exact) mass is 527 g/mol. The molecule has 1 N–H and O–H groups in total. The van der Waals surface area contributed by atoms with E-state index in [0.29, 0.717) is 43.7 Å². The number of aromatic nitrogens is 2. The first-order valence-corrected chi connectivity index (χ1v) is 13.9. The molecule has 3 aliphatic rings. The van der Waals surface area contributed by atoms with Gasteiger partial charge in [-0.15, -0.1) is 0 Å². The number of carbonyl (C=O) groups is 1. The molecule has 2 aromatic rings. The number of carbonyl (C=O) groups excluding carboxylic acids is 1. The molecule has 5 rings (SSSR count). The van der Waals surface area contributed by atoms with Gasteiger partial charge in [-0.1, -0.05) is 30.7 Å². The molecule has 37 heavy (non-hydrogen) atoms. The van der Waals surface area contributed by atoms with Crippen LogP contribution in [0.2, 0.25) is 5.02 Å². The van der Waals surface area contributed by atoms with Crippen LogP contribution in [-0.2, 0) is 9.53 Å². The Balaban J connectivity index is 1.26. The second-order valence-electron chi connectivity index (χ2n) is 10.7. The highest BCUT2D eigenvalue weighted by Gasteiger charge is 2.35. The third-order valence-corrected chi connectivity index (χ3v) is 8.58. The highest BCUT2D eigenvalue weighted by molar-refractivity contribution is 6.30. The van der Waals surface area contributed by atoms with Crippen LogP contribution in [0, 0.1) is 0 Å². The molecule has 200 valence electrons. The fraction of sp³-hybridized carbons (Fsp3) is 0.607. The molecule has 2 aliphatic heterocycles. The van der Waals surface area contributed by atoms with Gasteiger partial charge < -0.3 is 24.5 Å². The summed E-state index contributed by atoms with van der Waals surface area (Å²) < 4.78 is 5.53. The Hall–Kier alpha value is -2.26. The normalized spacial score (nSPS) is 23.4. The van der Waals surface area contributed by atoms with Crippen molar-refractivity contribution in [3.63, 3.8) is 0 Å². The highest BCUT2D eigenvalue weighted by atomic mass is 35.5. The van der Waals surface area contributed by atoms with E-state index in [2.05, 4.69) is 33.7 Å². The molecular formula is C28H38ClN5O3. The first-order chi connectivity index (χ1) is 17.9. The van der Waals surface area contributed by atoms with Crippen LogP contribution in [0.15, 0.2) is 30.6 Å². The van der Waals surface area contributed by atoms with E-state index in [4.69, 9.17) is 16.3 Å². The zero-order valence-electron chi connectivity index (χ0n) is 21.9. The van der Waals surface area contributed by atoms with Gasteiger partial charge in [0.25, 0.3) is 0 Å². The SMILES string of the molecule is C[C@@H]1C[C@@H](O)c2ncnc(N3CCN(C(=O)[C@H](CCN(C)C4CCOCC4)c4ccc(Cl)cc4)CC3)c21. The molecule has 1 aromatic carbocycles. The lowest BCUT2D eigenvalue weighted by atomic mass is 9.93. The van der Waals surface area contributed by atoms with E-state index in [1.807, 2.05) is 29.2 Å². The number of piperazine rings is 1. The molecule has 2 saturated heterocycles. The zero-order chi connectivity index (χ0) is 25.9. The molecule has 0 unspecified atom stereocenters. The molecule has 0 bridgehead atoms. The van der Waals surface area contributed by atoms with Crippen LogP contribution in [0.5, 0.6) is 0 Å². The Morgan fingerprint density at radius 2 is 1.86 bits per heavy atom. The first kappa shape index (κ1) is 26.4. The quantitative estimate of drug-likeness (QED) is 0.589. The van der Waals surface area contributed by atoms with Crippen LogP contribution in [0.25, 0.3) is 0 Å². The lowest BCUT2D eigenvalue weighted by molar-refractivity contribution is -0.133. The number of anilines is 1. The van der Waals surface area contributed by atoms with E-state index in [0.717, 1.165) is 61.7 Å². The number of aliphatic hydroxyl groups is 1. The van der Waals surface area contributed by atoms with E-state index < -0.39 is 6.10 Å². The number of ether oxygens (including phenoxy) is 1.